The standard InChI is InChI=1S/C16H33N5/c1-17-14-15(18-10-6-8-12-20(2)3)16(14)19-11-7-9-13-21(4)5/h18-19H,6-13H2,1-5H3. The van der Waals surface area contributed by atoms with E-state index in [-0.39, 0.29) is 0 Å². The van der Waals surface area contributed by atoms with E-state index < -0.39 is 0 Å². The molecule has 1 aromatic carbocycles. The molecule has 0 radical (unpaired) electrons. The summed E-state index contributed by atoms with van der Waals surface area (Å²) in [6, 6.07) is 0. The molecule has 0 aliphatic rings. The molecule has 0 aromatic heterocycles. The molecule has 0 unspecified atom stereocenters. The van der Waals surface area contributed by atoms with Crippen LogP contribution < -0.4 is 16.0 Å². The van der Waals surface area contributed by atoms with E-state index in [9.17, 15) is 0 Å². The van der Waals surface area contributed by atoms with Crippen molar-refractivity contribution in [1.29, 1.82) is 0 Å². The van der Waals surface area contributed by atoms with Gasteiger partial charge in [-0.05, 0) is 67.0 Å². The third-order valence-corrected chi connectivity index (χ3v) is 3.55. The van der Waals surface area contributed by atoms with Gasteiger partial charge in [0.1, 0.15) is 5.36 Å². The van der Waals surface area contributed by atoms with E-state index in [0.717, 1.165) is 31.5 Å². The molecule has 122 valence electrons. The van der Waals surface area contributed by atoms with Gasteiger partial charge in [0.2, 0.25) is 0 Å². The summed E-state index contributed by atoms with van der Waals surface area (Å²) in [5.41, 5.74) is 2.46. The van der Waals surface area contributed by atoms with Crippen molar-refractivity contribution in [3.05, 3.63) is 5.36 Å². The molecule has 1 aromatic rings. The molecule has 0 heterocycles. The second-order valence-electron chi connectivity index (χ2n) is 6.20. The lowest BCUT2D eigenvalue weighted by Gasteiger charge is -2.09. The van der Waals surface area contributed by atoms with Gasteiger partial charge in [0.05, 0.1) is 11.4 Å². The van der Waals surface area contributed by atoms with Crippen LogP contribution in [-0.4, -0.2) is 71.2 Å². The first-order valence-electron chi connectivity index (χ1n) is 8.05. The fourth-order valence-corrected chi connectivity index (χ4v) is 2.28. The predicted molar refractivity (Wildman–Crippen MR) is 92.9 cm³/mol. The van der Waals surface area contributed by atoms with Crippen LogP contribution in [0.4, 0.5) is 11.4 Å². The lowest BCUT2D eigenvalue weighted by atomic mass is 10.3. The maximum absolute atomic E-state index is 4.32. The van der Waals surface area contributed by atoms with Crippen LogP contribution in [-0.2, 0) is 0 Å². The highest BCUT2D eigenvalue weighted by Gasteiger charge is 2.18. The number of unbranched alkanes of at least 4 members (excludes halogenated alkanes) is 2. The van der Waals surface area contributed by atoms with Crippen molar-refractivity contribution in [2.24, 2.45) is 4.99 Å². The Morgan fingerprint density at radius 1 is 0.762 bits per heavy atom. The van der Waals surface area contributed by atoms with Crippen LogP contribution >= 0.6 is 0 Å². The Balaban J connectivity index is 2.14. The number of hydrogen-bond donors (Lipinski definition) is 2. The lowest BCUT2D eigenvalue weighted by molar-refractivity contribution is 0.396. The first-order chi connectivity index (χ1) is 10.1. The molecule has 5 nitrogen and oxygen atoms in total. The van der Waals surface area contributed by atoms with Gasteiger partial charge in [0.15, 0.2) is 0 Å². The molecular weight excluding hydrogens is 262 g/mol. The third-order valence-electron chi connectivity index (χ3n) is 3.55. The minimum Gasteiger partial charge on any atom is -0.382 e. The number of anilines is 2. The molecule has 5 heteroatoms. The number of nitrogens with zero attached hydrogens (tertiary/aromatic N) is 3. The van der Waals surface area contributed by atoms with Gasteiger partial charge in [0, 0.05) is 20.1 Å². The molecule has 1 rings (SSSR count). The van der Waals surface area contributed by atoms with E-state index in [0.29, 0.717) is 0 Å². The van der Waals surface area contributed by atoms with Gasteiger partial charge in [-0.1, -0.05) is 0 Å². The summed E-state index contributed by atoms with van der Waals surface area (Å²) in [5.74, 6) is 0. The molecule has 0 fully saturated rings. The molecule has 0 aliphatic carbocycles. The maximum Gasteiger partial charge on any atom is 0.108 e. The van der Waals surface area contributed by atoms with Gasteiger partial charge < -0.3 is 20.4 Å². The molecule has 0 saturated carbocycles. The summed E-state index contributed by atoms with van der Waals surface area (Å²) in [7, 11) is 10.4. The summed E-state index contributed by atoms with van der Waals surface area (Å²) >= 11 is 0. The molecule has 0 saturated heterocycles. The molecular formula is C16H33N5. The highest BCUT2D eigenvalue weighted by Crippen LogP contribution is 2.23. The van der Waals surface area contributed by atoms with Gasteiger partial charge in [-0.3, -0.25) is 4.99 Å². The summed E-state index contributed by atoms with van der Waals surface area (Å²) in [6.07, 6.45) is 4.88. The zero-order chi connectivity index (χ0) is 15.7. The average molecular weight is 295 g/mol. The fraction of sp³-hybridized carbons (Fsp3) is 0.812. The van der Waals surface area contributed by atoms with Crippen LogP contribution in [0, 0.1) is 0 Å². The second-order valence-corrected chi connectivity index (χ2v) is 6.20. The van der Waals surface area contributed by atoms with E-state index in [2.05, 4.69) is 53.6 Å². The zero-order valence-electron chi connectivity index (χ0n) is 14.5. The van der Waals surface area contributed by atoms with Gasteiger partial charge in [-0.2, -0.15) is 0 Å². The van der Waals surface area contributed by atoms with Crippen molar-refractivity contribution in [3.63, 3.8) is 0 Å². The SMILES string of the molecule is CN=c1c(NCCCCN(C)C)c1NCCCCN(C)C. The van der Waals surface area contributed by atoms with Crippen LogP contribution in [0.2, 0.25) is 0 Å². The van der Waals surface area contributed by atoms with E-state index in [1.807, 2.05) is 7.05 Å². The van der Waals surface area contributed by atoms with Crippen molar-refractivity contribution in [2.45, 2.75) is 25.7 Å². The Labute approximate surface area is 130 Å². The lowest BCUT2D eigenvalue weighted by Crippen LogP contribution is -2.14. The monoisotopic (exact) mass is 295 g/mol. The molecule has 0 spiro atoms. The Bertz CT molecular complexity index is 369. The molecule has 2 N–H and O–H groups in total. The van der Waals surface area contributed by atoms with Crippen molar-refractivity contribution < 1.29 is 0 Å². The largest absolute Gasteiger partial charge is 0.382 e. The first-order valence-corrected chi connectivity index (χ1v) is 8.05. The quantitative estimate of drug-likeness (QED) is 0.575. The minimum atomic E-state index is 1.04. The highest BCUT2D eigenvalue weighted by atomic mass is 15.1. The van der Waals surface area contributed by atoms with Crippen molar-refractivity contribution in [3.8, 4) is 0 Å². The molecule has 0 atom stereocenters. The maximum atomic E-state index is 4.32. The first kappa shape index (κ1) is 18.0. The molecule has 21 heavy (non-hydrogen) atoms. The smallest absolute Gasteiger partial charge is 0.108 e. The Kier molecular flexibility index (Phi) is 8.38. The second kappa shape index (κ2) is 9.79. The Morgan fingerprint density at radius 2 is 1.19 bits per heavy atom. The summed E-state index contributed by atoms with van der Waals surface area (Å²) in [5, 5.41) is 8.13. The molecule has 0 bridgehead atoms. The van der Waals surface area contributed by atoms with E-state index >= 15 is 0 Å². The van der Waals surface area contributed by atoms with Gasteiger partial charge in [0.25, 0.3) is 0 Å². The topological polar surface area (TPSA) is 42.9 Å². The molecule has 0 amide bonds. The third kappa shape index (κ3) is 7.48. The Hall–Kier alpha value is -1.07. The predicted octanol–water partition coefficient (Wildman–Crippen LogP) is 1.60. The summed E-state index contributed by atoms with van der Waals surface area (Å²) < 4.78 is 0. The number of rotatable bonds is 12. The average Bonchev–Trinajstić information content (AvgIpc) is 3.09. The van der Waals surface area contributed by atoms with Gasteiger partial charge in [-0.15, -0.1) is 0 Å². The van der Waals surface area contributed by atoms with Crippen molar-refractivity contribution >= 4 is 11.4 Å². The van der Waals surface area contributed by atoms with Crippen molar-refractivity contribution in [1.82, 2.24) is 9.80 Å². The van der Waals surface area contributed by atoms with E-state index in [1.165, 1.54) is 37.1 Å². The van der Waals surface area contributed by atoms with Crippen LogP contribution in [0.15, 0.2) is 4.99 Å². The molecule has 0 aliphatic heterocycles. The van der Waals surface area contributed by atoms with Gasteiger partial charge >= 0.3 is 0 Å². The normalized spacial score (nSPS) is 11.6. The van der Waals surface area contributed by atoms with Crippen LogP contribution in [0.3, 0.4) is 0 Å². The zero-order valence-corrected chi connectivity index (χ0v) is 14.5. The summed E-state index contributed by atoms with van der Waals surface area (Å²) in [4.78, 5) is 8.78. The van der Waals surface area contributed by atoms with Crippen LogP contribution in [0.25, 0.3) is 0 Å². The number of nitrogens with one attached hydrogen (secondary N) is 2. The van der Waals surface area contributed by atoms with Crippen LogP contribution in [0.1, 0.15) is 25.7 Å². The van der Waals surface area contributed by atoms with E-state index in [4.69, 9.17) is 0 Å². The fourth-order valence-electron chi connectivity index (χ4n) is 2.28. The van der Waals surface area contributed by atoms with Gasteiger partial charge in [-0.25, -0.2) is 0 Å². The number of hydrogen-bond acceptors (Lipinski definition) is 5. The summed E-state index contributed by atoms with van der Waals surface area (Å²) in [6.45, 7) is 4.39. The Morgan fingerprint density at radius 3 is 1.52 bits per heavy atom. The minimum absolute atomic E-state index is 1.04. The van der Waals surface area contributed by atoms with E-state index in [1.54, 1.807) is 0 Å². The van der Waals surface area contributed by atoms with Crippen LogP contribution in [0.5, 0.6) is 0 Å². The highest BCUT2D eigenvalue weighted by molar-refractivity contribution is 5.82. The van der Waals surface area contributed by atoms with Crippen molar-refractivity contribution in [2.75, 3.05) is 72.1 Å².